The first-order valence-electron chi connectivity index (χ1n) is 7.20. The maximum Gasteiger partial charge on any atom is 0.161 e. The van der Waals surface area contributed by atoms with Crippen molar-refractivity contribution in [2.75, 3.05) is 19.7 Å². The molecule has 1 N–H and O–H groups in total. The molecule has 1 heterocycles. The number of hydrogen-bond donors (Lipinski definition) is 1. The van der Waals surface area contributed by atoms with Crippen LogP contribution < -0.4 is 4.74 Å². The zero-order valence-corrected chi connectivity index (χ0v) is 12.2. The van der Waals surface area contributed by atoms with Crippen LogP contribution in [0.4, 0.5) is 0 Å². The summed E-state index contributed by atoms with van der Waals surface area (Å²) < 4.78 is 5.40. The standard InChI is InChI=1S/C16H22N2O2/c1-3-20-15-10-13(6-7-14(15)19)11-16(2,12-17)18-8-4-5-9-18/h6-7,10,19H,3-5,8-9,11H2,1-2H3. The Morgan fingerprint density at radius 3 is 2.70 bits per heavy atom. The Balaban J connectivity index is 2.19. The lowest BCUT2D eigenvalue weighted by Crippen LogP contribution is -2.45. The van der Waals surface area contributed by atoms with Crippen molar-refractivity contribution in [1.29, 1.82) is 5.26 Å². The summed E-state index contributed by atoms with van der Waals surface area (Å²) in [6.07, 6.45) is 2.97. The van der Waals surface area contributed by atoms with Gasteiger partial charge in [-0.05, 0) is 57.5 Å². The Bertz CT molecular complexity index is 504. The van der Waals surface area contributed by atoms with Crippen LogP contribution in [0.2, 0.25) is 0 Å². The fourth-order valence-electron chi connectivity index (χ4n) is 2.77. The smallest absolute Gasteiger partial charge is 0.161 e. The SMILES string of the molecule is CCOc1cc(CC(C)(C#N)N2CCCC2)ccc1O. The van der Waals surface area contributed by atoms with Gasteiger partial charge in [-0.15, -0.1) is 0 Å². The molecule has 1 aromatic carbocycles. The first-order chi connectivity index (χ1) is 9.59. The summed E-state index contributed by atoms with van der Waals surface area (Å²) in [5.74, 6) is 0.641. The number of benzene rings is 1. The minimum Gasteiger partial charge on any atom is -0.504 e. The van der Waals surface area contributed by atoms with E-state index in [-0.39, 0.29) is 5.75 Å². The van der Waals surface area contributed by atoms with E-state index in [1.807, 2.05) is 26.0 Å². The fraction of sp³-hybridized carbons (Fsp3) is 0.562. The number of aromatic hydroxyl groups is 1. The minimum atomic E-state index is -0.489. The zero-order chi connectivity index (χ0) is 14.6. The molecule has 20 heavy (non-hydrogen) atoms. The topological polar surface area (TPSA) is 56.5 Å². The largest absolute Gasteiger partial charge is 0.504 e. The van der Waals surface area contributed by atoms with Gasteiger partial charge in [0.05, 0.1) is 12.7 Å². The molecule has 1 fully saturated rings. The van der Waals surface area contributed by atoms with Crippen LogP contribution in [0.15, 0.2) is 18.2 Å². The predicted molar refractivity (Wildman–Crippen MR) is 77.8 cm³/mol. The van der Waals surface area contributed by atoms with Gasteiger partial charge in [-0.1, -0.05) is 6.07 Å². The average Bonchev–Trinajstić information content (AvgIpc) is 2.97. The molecule has 0 bridgehead atoms. The van der Waals surface area contributed by atoms with E-state index in [0.29, 0.717) is 18.8 Å². The summed E-state index contributed by atoms with van der Waals surface area (Å²) in [5, 5.41) is 19.3. The maximum absolute atomic E-state index is 9.73. The molecule has 1 atom stereocenters. The van der Waals surface area contributed by atoms with Gasteiger partial charge in [0.15, 0.2) is 11.5 Å². The summed E-state index contributed by atoms with van der Waals surface area (Å²) in [5.41, 5.74) is 0.527. The number of rotatable bonds is 5. The van der Waals surface area contributed by atoms with E-state index in [0.717, 1.165) is 31.5 Å². The third kappa shape index (κ3) is 3.05. The van der Waals surface area contributed by atoms with E-state index in [1.165, 1.54) is 0 Å². The first-order valence-corrected chi connectivity index (χ1v) is 7.20. The van der Waals surface area contributed by atoms with Crippen molar-refractivity contribution in [3.8, 4) is 17.6 Å². The van der Waals surface area contributed by atoms with E-state index < -0.39 is 5.54 Å². The lowest BCUT2D eigenvalue weighted by Gasteiger charge is -2.32. The number of likely N-dealkylation sites (tertiary alicyclic amines) is 1. The molecule has 0 amide bonds. The molecular weight excluding hydrogens is 252 g/mol. The van der Waals surface area contributed by atoms with E-state index in [1.54, 1.807) is 6.07 Å². The van der Waals surface area contributed by atoms with Crippen molar-refractivity contribution in [2.24, 2.45) is 0 Å². The molecule has 0 saturated carbocycles. The van der Waals surface area contributed by atoms with Crippen molar-refractivity contribution >= 4 is 0 Å². The molecule has 2 rings (SSSR count). The Morgan fingerprint density at radius 1 is 1.40 bits per heavy atom. The van der Waals surface area contributed by atoms with Crippen molar-refractivity contribution < 1.29 is 9.84 Å². The summed E-state index contributed by atoms with van der Waals surface area (Å²) >= 11 is 0. The zero-order valence-electron chi connectivity index (χ0n) is 12.2. The van der Waals surface area contributed by atoms with Gasteiger partial charge in [-0.3, -0.25) is 4.90 Å². The Labute approximate surface area is 120 Å². The predicted octanol–water partition coefficient (Wildman–Crippen LogP) is 2.71. The molecule has 108 valence electrons. The van der Waals surface area contributed by atoms with Gasteiger partial charge >= 0.3 is 0 Å². The molecule has 4 nitrogen and oxygen atoms in total. The number of hydrogen-bond acceptors (Lipinski definition) is 4. The van der Waals surface area contributed by atoms with Crippen LogP contribution in [-0.4, -0.2) is 35.2 Å². The average molecular weight is 274 g/mol. The van der Waals surface area contributed by atoms with Crippen LogP contribution in [0.1, 0.15) is 32.3 Å². The second-order valence-corrected chi connectivity index (χ2v) is 5.49. The normalized spacial score (nSPS) is 18.4. The van der Waals surface area contributed by atoms with Crippen LogP contribution in [0.3, 0.4) is 0 Å². The fourth-order valence-corrected chi connectivity index (χ4v) is 2.77. The summed E-state index contributed by atoms with van der Waals surface area (Å²) in [6.45, 7) is 6.36. The third-order valence-corrected chi connectivity index (χ3v) is 3.92. The first kappa shape index (κ1) is 14.7. The highest BCUT2D eigenvalue weighted by atomic mass is 16.5. The summed E-state index contributed by atoms with van der Waals surface area (Å²) in [6, 6.07) is 7.80. The Morgan fingerprint density at radius 2 is 2.10 bits per heavy atom. The molecule has 1 unspecified atom stereocenters. The second kappa shape index (κ2) is 6.15. The number of phenolic OH excluding ortho intramolecular Hbond substituents is 1. The van der Waals surface area contributed by atoms with Gasteiger partial charge in [0.2, 0.25) is 0 Å². The molecular formula is C16H22N2O2. The number of ether oxygens (including phenoxy) is 1. The number of phenols is 1. The Kier molecular flexibility index (Phi) is 4.51. The molecule has 1 aliphatic rings. The second-order valence-electron chi connectivity index (χ2n) is 5.49. The van der Waals surface area contributed by atoms with E-state index in [2.05, 4.69) is 11.0 Å². The van der Waals surface area contributed by atoms with E-state index in [9.17, 15) is 10.4 Å². The number of nitriles is 1. The van der Waals surface area contributed by atoms with Crippen LogP contribution in [-0.2, 0) is 6.42 Å². The minimum absolute atomic E-state index is 0.149. The van der Waals surface area contributed by atoms with Crippen molar-refractivity contribution in [2.45, 2.75) is 38.6 Å². The lowest BCUT2D eigenvalue weighted by atomic mass is 9.92. The molecule has 4 heteroatoms. The van der Waals surface area contributed by atoms with Gasteiger partial charge in [0, 0.05) is 6.42 Å². The highest BCUT2D eigenvalue weighted by Crippen LogP contribution is 2.30. The molecule has 1 aliphatic heterocycles. The number of nitrogens with zero attached hydrogens (tertiary/aromatic N) is 2. The quantitative estimate of drug-likeness (QED) is 0.897. The van der Waals surface area contributed by atoms with Crippen molar-refractivity contribution in [3.63, 3.8) is 0 Å². The highest BCUT2D eigenvalue weighted by Gasteiger charge is 2.34. The highest BCUT2D eigenvalue weighted by molar-refractivity contribution is 5.42. The summed E-state index contributed by atoms with van der Waals surface area (Å²) in [7, 11) is 0. The van der Waals surface area contributed by atoms with Gasteiger partial charge in [0.1, 0.15) is 5.54 Å². The molecule has 0 aliphatic carbocycles. The van der Waals surface area contributed by atoms with Crippen LogP contribution >= 0.6 is 0 Å². The van der Waals surface area contributed by atoms with Gasteiger partial charge in [0.25, 0.3) is 0 Å². The molecule has 0 spiro atoms. The van der Waals surface area contributed by atoms with E-state index in [4.69, 9.17) is 4.74 Å². The van der Waals surface area contributed by atoms with Gasteiger partial charge < -0.3 is 9.84 Å². The monoisotopic (exact) mass is 274 g/mol. The lowest BCUT2D eigenvalue weighted by molar-refractivity contribution is 0.191. The van der Waals surface area contributed by atoms with Crippen molar-refractivity contribution in [3.05, 3.63) is 23.8 Å². The maximum atomic E-state index is 9.73. The van der Waals surface area contributed by atoms with Gasteiger partial charge in [-0.25, -0.2) is 0 Å². The summed E-state index contributed by atoms with van der Waals surface area (Å²) in [4.78, 5) is 2.25. The molecule has 1 aromatic rings. The Hall–Kier alpha value is -1.73. The van der Waals surface area contributed by atoms with Crippen LogP contribution in [0.25, 0.3) is 0 Å². The third-order valence-electron chi connectivity index (χ3n) is 3.92. The van der Waals surface area contributed by atoms with Crippen LogP contribution in [0, 0.1) is 11.3 Å². The van der Waals surface area contributed by atoms with Crippen molar-refractivity contribution in [1.82, 2.24) is 4.90 Å². The van der Waals surface area contributed by atoms with E-state index >= 15 is 0 Å². The molecule has 1 saturated heterocycles. The van der Waals surface area contributed by atoms with Crippen LogP contribution in [0.5, 0.6) is 11.5 Å². The van der Waals surface area contributed by atoms with Gasteiger partial charge in [-0.2, -0.15) is 5.26 Å². The molecule has 0 radical (unpaired) electrons. The molecule has 0 aromatic heterocycles.